The molecular formula is C17H25NO5. The van der Waals surface area contributed by atoms with E-state index in [9.17, 15) is 9.59 Å². The van der Waals surface area contributed by atoms with Crippen molar-refractivity contribution >= 4 is 11.9 Å². The van der Waals surface area contributed by atoms with Crippen LogP contribution in [0.15, 0.2) is 18.2 Å². The number of amides is 1. The molecule has 6 heteroatoms. The number of esters is 1. The zero-order chi connectivity index (χ0) is 17.4. The summed E-state index contributed by atoms with van der Waals surface area (Å²) in [6, 6.07) is 4.78. The Labute approximate surface area is 137 Å². The highest BCUT2D eigenvalue weighted by Gasteiger charge is 2.14. The van der Waals surface area contributed by atoms with E-state index in [-0.39, 0.29) is 18.6 Å². The molecule has 23 heavy (non-hydrogen) atoms. The van der Waals surface area contributed by atoms with Crippen molar-refractivity contribution in [3.8, 4) is 11.5 Å². The molecule has 6 nitrogen and oxygen atoms in total. The summed E-state index contributed by atoms with van der Waals surface area (Å²) in [6.07, 6.45) is 0. The van der Waals surface area contributed by atoms with E-state index in [0.717, 1.165) is 0 Å². The molecule has 0 aliphatic rings. The van der Waals surface area contributed by atoms with Gasteiger partial charge in [0.1, 0.15) is 0 Å². The van der Waals surface area contributed by atoms with Gasteiger partial charge in [-0.05, 0) is 38.0 Å². The molecule has 0 aliphatic heterocycles. The van der Waals surface area contributed by atoms with E-state index in [1.54, 1.807) is 18.2 Å². The van der Waals surface area contributed by atoms with Gasteiger partial charge in [-0.2, -0.15) is 0 Å². The van der Waals surface area contributed by atoms with Gasteiger partial charge in [0.2, 0.25) is 0 Å². The maximum Gasteiger partial charge on any atom is 0.338 e. The predicted molar refractivity (Wildman–Crippen MR) is 86.9 cm³/mol. The minimum atomic E-state index is -0.586. The standard InChI is InChI=1S/C17H25NO5/c1-11(2)9-22-14-7-6-13(8-15(14)21-5)17(20)23-10-16(19)18-12(3)4/h6-8,11-12H,9-10H2,1-5H3,(H,18,19). The summed E-state index contributed by atoms with van der Waals surface area (Å²) in [4.78, 5) is 23.5. The summed E-state index contributed by atoms with van der Waals surface area (Å²) in [7, 11) is 1.50. The van der Waals surface area contributed by atoms with Crippen molar-refractivity contribution in [3.63, 3.8) is 0 Å². The monoisotopic (exact) mass is 323 g/mol. The third-order valence-electron chi connectivity index (χ3n) is 2.76. The van der Waals surface area contributed by atoms with Crippen LogP contribution < -0.4 is 14.8 Å². The van der Waals surface area contributed by atoms with Crippen molar-refractivity contribution in [2.75, 3.05) is 20.3 Å². The van der Waals surface area contributed by atoms with Crippen LogP contribution in [0.3, 0.4) is 0 Å². The van der Waals surface area contributed by atoms with Gasteiger partial charge >= 0.3 is 5.97 Å². The van der Waals surface area contributed by atoms with E-state index in [1.165, 1.54) is 7.11 Å². The number of nitrogens with one attached hydrogen (secondary N) is 1. The fraction of sp³-hybridized carbons (Fsp3) is 0.529. The lowest BCUT2D eigenvalue weighted by Gasteiger charge is -2.13. The molecule has 1 amide bonds. The summed E-state index contributed by atoms with van der Waals surface area (Å²) < 4.78 is 15.8. The first kappa shape index (κ1) is 18.8. The minimum absolute atomic E-state index is 0.00122. The molecular weight excluding hydrogens is 298 g/mol. The van der Waals surface area contributed by atoms with Gasteiger partial charge in [-0.15, -0.1) is 0 Å². The molecule has 0 bridgehead atoms. The van der Waals surface area contributed by atoms with Crippen molar-refractivity contribution in [2.24, 2.45) is 5.92 Å². The molecule has 1 aromatic rings. The normalized spacial score (nSPS) is 10.6. The van der Waals surface area contributed by atoms with Crippen LogP contribution in [-0.2, 0) is 9.53 Å². The molecule has 0 fully saturated rings. The molecule has 0 heterocycles. The van der Waals surface area contributed by atoms with Crippen LogP contribution in [0.1, 0.15) is 38.1 Å². The van der Waals surface area contributed by atoms with Crippen LogP contribution in [0.25, 0.3) is 0 Å². The van der Waals surface area contributed by atoms with Gasteiger partial charge in [-0.25, -0.2) is 4.79 Å². The average Bonchev–Trinajstić information content (AvgIpc) is 2.49. The zero-order valence-electron chi connectivity index (χ0n) is 14.3. The largest absolute Gasteiger partial charge is 0.493 e. The lowest BCUT2D eigenvalue weighted by atomic mass is 10.2. The lowest BCUT2D eigenvalue weighted by molar-refractivity contribution is -0.124. The summed E-state index contributed by atoms with van der Waals surface area (Å²) in [5.41, 5.74) is 0.302. The fourth-order valence-electron chi connectivity index (χ4n) is 1.75. The van der Waals surface area contributed by atoms with Crippen LogP contribution in [0.5, 0.6) is 11.5 Å². The quantitative estimate of drug-likeness (QED) is 0.744. The van der Waals surface area contributed by atoms with Gasteiger partial charge in [-0.3, -0.25) is 4.79 Å². The number of benzene rings is 1. The minimum Gasteiger partial charge on any atom is -0.493 e. The molecule has 1 N–H and O–H groups in total. The Morgan fingerprint density at radius 1 is 1.13 bits per heavy atom. The van der Waals surface area contributed by atoms with Gasteiger partial charge in [0.05, 0.1) is 19.3 Å². The van der Waals surface area contributed by atoms with Gasteiger partial charge in [0, 0.05) is 6.04 Å². The first-order valence-corrected chi connectivity index (χ1v) is 7.60. The second-order valence-corrected chi connectivity index (χ2v) is 5.87. The molecule has 0 aromatic heterocycles. The second kappa shape index (κ2) is 9.02. The Kier molecular flexibility index (Phi) is 7.38. The summed E-state index contributed by atoms with van der Waals surface area (Å²) >= 11 is 0. The Balaban J connectivity index is 2.69. The van der Waals surface area contributed by atoms with Crippen LogP contribution >= 0.6 is 0 Å². The molecule has 0 unspecified atom stereocenters. The Bertz CT molecular complexity index is 540. The first-order chi connectivity index (χ1) is 10.8. The van der Waals surface area contributed by atoms with Crippen molar-refractivity contribution in [1.29, 1.82) is 0 Å². The molecule has 0 aliphatic carbocycles. The van der Waals surface area contributed by atoms with Crippen LogP contribution in [-0.4, -0.2) is 38.2 Å². The number of carbonyl (C=O) groups excluding carboxylic acids is 2. The molecule has 0 spiro atoms. The van der Waals surface area contributed by atoms with E-state index in [0.29, 0.717) is 29.6 Å². The third-order valence-corrected chi connectivity index (χ3v) is 2.76. The number of hydrogen-bond acceptors (Lipinski definition) is 5. The average molecular weight is 323 g/mol. The molecule has 0 atom stereocenters. The summed E-state index contributed by atoms with van der Waals surface area (Å²) in [6.45, 7) is 7.99. The molecule has 128 valence electrons. The van der Waals surface area contributed by atoms with Crippen molar-refractivity contribution in [2.45, 2.75) is 33.7 Å². The summed E-state index contributed by atoms with van der Waals surface area (Å²) in [5.74, 6) is 0.473. The number of carbonyl (C=O) groups is 2. The smallest absolute Gasteiger partial charge is 0.338 e. The van der Waals surface area contributed by atoms with E-state index in [1.807, 2.05) is 27.7 Å². The lowest BCUT2D eigenvalue weighted by Crippen LogP contribution is -2.33. The van der Waals surface area contributed by atoms with Crippen molar-refractivity contribution < 1.29 is 23.8 Å². The van der Waals surface area contributed by atoms with Crippen molar-refractivity contribution in [3.05, 3.63) is 23.8 Å². The van der Waals surface area contributed by atoms with Crippen LogP contribution in [0.2, 0.25) is 0 Å². The van der Waals surface area contributed by atoms with E-state index < -0.39 is 5.97 Å². The maximum atomic E-state index is 12.0. The summed E-state index contributed by atoms with van der Waals surface area (Å²) in [5, 5.41) is 2.65. The van der Waals surface area contributed by atoms with Gasteiger partial charge < -0.3 is 19.5 Å². The topological polar surface area (TPSA) is 73.9 Å². The second-order valence-electron chi connectivity index (χ2n) is 5.87. The third kappa shape index (κ3) is 6.59. The van der Waals surface area contributed by atoms with Gasteiger partial charge in [0.25, 0.3) is 5.91 Å². The number of methoxy groups -OCH3 is 1. The number of ether oxygens (including phenoxy) is 3. The van der Waals surface area contributed by atoms with Crippen molar-refractivity contribution in [1.82, 2.24) is 5.32 Å². The highest BCUT2D eigenvalue weighted by atomic mass is 16.5. The number of hydrogen-bond donors (Lipinski definition) is 1. The van der Waals surface area contributed by atoms with Crippen LogP contribution in [0, 0.1) is 5.92 Å². The number of rotatable bonds is 8. The van der Waals surface area contributed by atoms with Crippen LogP contribution in [0.4, 0.5) is 0 Å². The SMILES string of the molecule is COc1cc(C(=O)OCC(=O)NC(C)C)ccc1OCC(C)C. The van der Waals surface area contributed by atoms with E-state index >= 15 is 0 Å². The van der Waals surface area contributed by atoms with E-state index in [2.05, 4.69) is 5.32 Å². The molecule has 1 aromatic carbocycles. The zero-order valence-corrected chi connectivity index (χ0v) is 14.3. The Morgan fingerprint density at radius 2 is 1.83 bits per heavy atom. The highest BCUT2D eigenvalue weighted by molar-refractivity contribution is 5.92. The molecule has 0 saturated carbocycles. The molecule has 0 saturated heterocycles. The molecule has 0 radical (unpaired) electrons. The Hall–Kier alpha value is -2.24. The Morgan fingerprint density at radius 3 is 2.39 bits per heavy atom. The molecule has 1 rings (SSSR count). The van der Waals surface area contributed by atoms with E-state index in [4.69, 9.17) is 14.2 Å². The van der Waals surface area contributed by atoms with Gasteiger partial charge in [-0.1, -0.05) is 13.8 Å². The fourth-order valence-corrected chi connectivity index (χ4v) is 1.75. The highest BCUT2D eigenvalue weighted by Crippen LogP contribution is 2.28. The predicted octanol–water partition coefficient (Wildman–Crippen LogP) is 2.41. The first-order valence-electron chi connectivity index (χ1n) is 7.60. The maximum absolute atomic E-state index is 12.0. The van der Waals surface area contributed by atoms with Gasteiger partial charge in [0.15, 0.2) is 18.1 Å².